The van der Waals surface area contributed by atoms with Crippen LogP contribution in [0.5, 0.6) is 5.75 Å². The first-order chi connectivity index (χ1) is 12.2. The molecular formula is C19H32Cl2N4O2. The first-order valence-corrected chi connectivity index (χ1v) is 9.23. The predicted molar refractivity (Wildman–Crippen MR) is 113 cm³/mol. The summed E-state index contributed by atoms with van der Waals surface area (Å²) >= 11 is 0. The van der Waals surface area contributed by atoms with Gasteiger partial charge in [-0.25, -0.2) is 0 Å². The van der Waals surface area contributed by atoms with E-state index in [2.05, 4.69) is 34.2 Å². The Labute approximate surface area is 175 Å². The van der Waals surface area contributed by atoms with Gasteiger partial charge in [0.1, 0.15) is 5.75 Å². The van der Waals surface area contributed by atoms with E-state index in [1.807, 2.05) is 17.0 Å². The Morgan fingerprint density at radius 1 is 1.11 bits per heavy atom. The average Bonchev–Trinajstić information content (AvgIpc) is 2.65. The Balaban J connectivity index is 0.00000182. The molecular weight excluding hydrogens is 387 g/mol. The van der Waals surface area contributed by atoms with Gasteiger partial charge in [0.05, 0.1) is 13.7 Å². The summed E-state index contributed by atoms with van der Waals surface area (Å²) in [6.45, 7) is 10.1. The van der Waals surface area contributed by atoms with Gasteiger partial charge in [-0.15, -0.1) is 24.8 Å². The van der Waals surface area contributed by atoms with Crippen molar-refractivity contribution < 1.29 is 9.53 Å². The van der Waals surface area contributed by atoms with Gasteiger partial charge >= 0.3 is 0 Å². The first-order valence-electron chi connectivity index (χ1n) is 9.23. The van der Waals surface area contributed by atoms with Crippen molar-refractivity contribution in [2.24, 2.45) is 0 Å². The van der Waals surface area contributed by atoms with Crippen LogP contribution in [0.2, 0.25) is 0 Å². The van der Waals surface area contributed by atoms with Crippen LogP contribution in [-0.2, 0) is 11.3 Å². The van der Waals surface area contributed by atoms with Crippen LogP contribution in [0.4, 0.5) is 0 Å². The number of hydrogen-bond acceptors (Lipinski definition) is 5. The molecule has 154 valence electrons. The summed E-state index contributed by atoms with van der Waals surface area (Å²) in [6, 6.07) is 8.67. The number of nitrogens with zero attached hydrogens (tertiary/aromatic N) is 3. The fourth-order valence-electron chi connectivity index (χ4n) is 3.54. The smallest absolute Gasteiger partial charge is 0.236 e. The van der Waals surface area contributed by atoms with Gasteiger partial charge in [0.2, 0.25) is 5.91 Å². The highest BCUT2D eigenvalue weighted by atomic mass is 35.5. The molecule has 1 atom stereocenters. The SMILES string of the molecule is COc1ccc(CN2CCN(C(=O)CN3CCNC[C@H]3C)CC2)cc1.Cl.Cl. The van der Waals surface area contributed by atoms with Gasteiger partial charge in [-0.05, 0) is 24.6 Å². The van der Waals surface area contributed by atoms with E-state index in [4.69, 9.17) is 4.74 Å². The van der Waals surface area contributed by atoms with E-state index in [9.17, 15) is 4.79 Å². The predicted octanol–water partition coefficient (Wildman–Crippen LogP) is 1.48. The quantitative estimate of drug-likeness (QED) is 0.784. The van der Waals surface area contributed by atoms with Gasteiger partial charge in [0, 0.05) is 58.4 Å². The molecule has 6 nitrogen and oxygen atoms in total. The standard InChI is InChI=1S/C19H30N4O2.2ClH/c1-16-13-20-7-8-23(16)15-19(24)22-11-9-21(10-12-22)14-17-3-5-18(25-2)6-4-17;;/h3-6,16,20H,7-15H2,1-2H3;2*1H/t16-;;/m1../s1. The molecule has 8 heteroatoms. The zero-order valence-corrected chi connectivity index (χ0v) is 17.9. The van der Waals surface area contributed by atoms with Crippen molar-refractivity contribution in [3.8, 4) is 5.75 Å². The van der Waals surface area contributed by atoms with E-state index in [0.717, 1.165) is 58.1 Å². The number of ether oxygens (including phenoxy) is 1. The highest BCUT2D eigenvalue weighted by Gasteiger charge is 2.25. The Bertz CT molecular complexity index is 565. The molecule has 0 aromatic heterocycles. The number of amides is 1. The summed E-state index contributed by atoms with van der Waals surface area (Å²) in [7, 11) is 1.69. The molecule has 2 saturated heterocycles. The maximum Gasteiger partial charge on any atom is 0.236 e. The molecule has 2 aliphatic heterocycles. The van der Waals surface area contributed by atoms with Crippen molar-refractivity contribution in [2.75, 3.05) is 59.5 Å². The highest BCUT2D eigenvalue weighted by molar-refractivity contribution is 5.85. The molecule has 3 rings (SSSR count). The summed E-state index contributed by atoms with van der Waals surface area (Å²) in [5.41, 5.74) is 1.29. The molecule has 0 bridgehead atoms. The maximum absolute atomic E-state index is 12.6. The van der Waals surface area contributed by atoms with Crippen molar-refractivity contribution in [3.63, 3.8) is 0 Å². The lowest BCUT2D eigenvalue weighted by Crippen LogP contribution is -2.55. The molecule has 0 radical (unpaired) electrons. The highest BCUT2D eigenvalue weighted by Crippen LogP contribution is 2.14. The average molecular weight is 419 g/mol. The first kappa shape index (κ1) is 24.0. The van der Waals surface area contributed by atoms with Crippen molar-refractivity contribution in [1.29, 1.82) is 0 Å². The third-order valence-corrected chi connectivity index (χ3v) is 5.27. The van der Waals surface area contributed by atoms with E-state index < -0.39 is 0 Å². The largest absolute Gasteiger partial charge is 0.497 e. The second kappa shape index (κ2) is 11.7. The monoisotopic (exact) mass is 418 g/mol. The minimum Gasteiger partial charge on any atom is -0.497 e. The minimum absolute atomic E-state index is 0. The van der Waals surface area contributed by atoms with Crippen LogP contribution >= 0.6 is 24.8 Å². The fourth-order valence-corrected chi connectivity index (χ4v) is 3.54. The Morgan fingerprint density at radius 3 is 2.37 bits per heavy atom. The van der Waals surface area contributed by atoms with Gasteiger partial charge in [0.15, 0.2) is 0 Å². The topological polar surface area (TPSA) is 48.1 Å². The normalized spacial score (nSPS) is 21.1. The molecule has 2 aliphatic rings. The van der Waals surface area contributed by atoms with Crippen LogP contribution in [0, 0.1) is 0 Å². The summed E-state index contributed by atoms with van der Waals surface area (Å²) in [5, 5.41) is 3.37. The fraction of sp³-hybridized carbons (Fsp3) is 0.632. The van der Waals surface area contributed by atoms with Crippen LogP contribution in [0.25, 0.3) is 0 Å². The zero-order chi connectivity index (χ0) is 17.6. The van der Waals surface area contributed by atoms with E-state index >= 15 is 0 Å². The summed E-state index contributed by atoms with van der Waals surface area (Å²) < 4.78 is 5.20. The molecule has 1 aromatic carbocycles. The number of carbonyl (C=O) groups is 1. The number of benzene rings is 1. The van der Waals surface area contributed by atoms with E-state index in [0.29, 0.717) is 12.6 Å². The van der Waals surface area contributed by atoms with Gasteiger partial charge < -0.3 is 15.0 Å². The molecule has 2 heterocycles. The lowest BCUT2D eigenvalue weighted by Gasteiger charge is -2.38. The molecule has 0 aliphatic carbocycles. The molecule has 27 heavy (non-hydrogen) atoms. The van der Waals surface area contributed by atoms with Crippen LogP contribution in [-0.4, -0.2) is 86.1 Å². The van der Waals surface area contributed by atoms with Gasteiger partial charge in [-0.2, -0.15) is 0 Å². The molecule has 1 aromatic rings. The maximum atomic E-state index is 12.6. The van der Waals surface area contributed by atoms with Crippen LogP contribution in [0.15, 0.2) is 24.3 Å². The van der Waals surface area contributed by atoms with Crippen molar-refractivity contribution in [3.05, 3.63) is 29.8 Å². The van der Waals surface area contributed by atoms with Gasteiger partial charge in [-0.3, -0.25) is 14.6 Å². The molecule has 0 saturated carbocycles. The summed E-state index contributed by atoms with van der Waals surface area (Å²) in [6.07, 6.45) is 0. The minimum atomic E-state index is 0. The number of carbonyl (C=O) groups excluding carboxylic acids is 1. The number of nitrogens with one attached hydrogen (secondary N) is 1. The Morgan fingerprint density at radius 2 is 1.78 bits per heavy atom. The molecule has 0 spiro atoms. The third-order valence-electron chi connectivity index (χ3n) is 5.27. The second-order valence-corrected chi connectivity index (χ2v) is 7.03. The number of rotatable bonds is 5. The number of hydrogen-bond donors (Lipinski definition) is 1. The number of halogens is 2. The molecule has 1 N–H and O–H groups in total. The zero-order valence-electron chi connectivity index (χ0n) is 16.2. The van der Waals surface area contributed by atoms with Crippen molar-refractivity contribution in [1.82, 2.24) is 20.0 Å². The number of piperazine rings is 2. The van der Waals surface area contributed by atoms with E-state index in [1.54, 1.807) is 7.11 Å². The third kappa shape index (κ3) is 6.80. The van der Waals surface area contributed by atoms with E-state index in [-0.39, 0.29) is 30.7 Å². The molecule has 1 amide bonds. The molecule has 0 unspecified atom stereocenters. The van der Waals surface area contributed by atoms with E-state index in [1.165, 1.54) is 5.56 Å². The van der Waals surface area contributed by atoms with Crippen molar-refractivity contribution in [2.45, 2.75) is 19.5 Å². The van der Waals surface area contributed by atoms with Crippen molar-refractivity contribution >= 4 is 30.7 Å². The Kier molecular flexibility index (Phi) is 10.4. The summed E-state index contributed by atoms with van der Waals surface area (Å²) in [5.74, 6) is 1.17. The van der Waals surface area contributed by atoms with Gasteiger partial charge in [-0.1, -0.05) is 12.1 Å². The summed E-state index contributed by atoms with van der Waals surface area (Å²) in [4.78, 5) is 19.3. The lowest BCUT2D eigenvalue weighted by molar-refractivity contribution is -0.135. The van der Waals surface area contributed by atoms with Gasteiger partial charge in [0.25, 0.3) is 0 Å². The van der Waals surface area contributed by atoms with Crippen LogP contribution in [0.1, 0.15) is 12.5 Å². The second-order valence-electron chi connectivity index (χ2n) is 7.03. The molecule has 2 fully saturated rings. The number of methoxy groups -OCH3 is 1. The lowest BCUT2D eigenvalue weighted by atomic mass is 10.2. The Hall–Kier alpha value is -1.05. The van der Waals surface area contributed by atoms with Crippen LogP contribution < -0.4 is 10.1 Å². The van der Waals surface area contributed by atoms with Crippen LogP contribution in [0.3, 0.4) is 0 Å².